The number of ketones is 1. The van der Waals surface area contributed by atoms with E-state index in [1.807, 2.05) is 0 Å². The third kappa shape index (κ3) is 1.90. The molecule has 5 nitrogen and oxygen atoms in total. The molecule has 0 spiro atoms. The Labute approximate surface area is 87.6 Å². The normalized spacial score (nSPS) is 9.86. The van der Waals surface area contributed by atoms with Gasteiger partial charge >= 0.3 is 0 Å². The Balaban J connectivity index is 3.47. The van der Waals surface area contributed by atoms with Gasteiger partial charge in [0.05, 0.1) is 11.0 Å². The van der Waals surface area contributed by atoms with Crippen molar-refractivity contribution in [3.8, 4) is 5.75 Å². The third-order valence-electron chi connectivity index (χ3n) is 1.61. The number of hydrogen-bond donors (Lipinski definition) is 1. The van der Waals surface area contributed by atoms with Crippen molar-refractivity contribution in [3.05, 3.63) is 32.3 Å². The summed E-state index contributed by atoms with van der Waals surface area (Å²) >= 11 is 2.94. The molecule has 0 unspecified atom stereocenters. The molecule has 0 aliphatic heterocycles. The summed E-state index contributed by atoms with van der Waals surface area (Å²) in [6.07, 6.45) is 0. The van der Waals surface area contributed by atoms with E-state index in [4.69, 9.17) is 5.11 Å². The first-order chi connectivity index (χ1) is 6.43. The van der Waals surface area contributed by atoms with Gasteiger partial charge in [-0.25, -0.2) is 0 Å². The van der Waals surface area contributed by atoms with Crippen LogP contribution >= 0.6 is 15.9 Å². The molecule has 0 aliphatic carbocycles. The molecule has 0 atom stereocenters. The molecule has 0 amide bonds. The molecule has 0 saturated heterocycles. The minimum Gasteiger partial charge on any atom is -0.508 e. The molecular weight excluding hydrogens is 254 g/mol. The van der Waals surface area contributed by atoms with E-state index in [0.717, 1.165) is 6.07 Å². The predicted octanol–water partition coefficient (Wildman–Crippen LogP) is 2.27. The van der Waals surface area contributed by atoms with Crippen LogP contribution in [0, 0.1) is 10.1 Å². The number of phenols is 1. The minimum atomic E-state index is -0.670. The first-order valence-corrected chi connectivity index (χ1v) is 4.40. The summed E-state index contributed by atoms with van der Waals surface area (Å²) in [5.41, 5.74) is -0.230. The number of rotatable bonds is 2. The van der Waals surface area contributed by atoms with Crippen molar-refractivity contribution in [1.29, 1.82) is 0 Å². The van der Waals surface area contributed by atoms with Crippen LogP contribution in [0.4, 0.5) is 5.69 Å². The van der Waals surface area contributed by atoms with E-state index in [9.17, 15) is 14.9 Å². The topological polar surface area (TPSA) is 80.4 Å². The smallest absolute Gasteiger partial charge is 0.287 e. The Morgan fingerprint density at radius 1 is 1.57 bits per heavy atom. The second-order valence-corrected chi connectivity index (χ2v) is 3.43. The number of carbonyl (C=O) groups excluding carboxylic acids is 1. The van der Waals surface area contributed by atoms with E-state index in [2.05, 4.69) is 15.9 Å². The lowest BCUT2D eigenvalue weighted by Gasteiger charge is -2.02. The van der Waals surface area contributed by atoms with Crippen LogP contribution in [0.1, 0.15) is 17.3 Å². The van der Waals surface area contributed by atoms with E-state index in [1.165, 1.54) is 13.0 Å². The quantitative estimate of drug-likeness (QED) is 0.502. The highest BCUT2D eigenvalue weighted by atomic mass is 79.9. The molecule has 0 aromatic heterocycles. The Hall–Kier alpha value is -1.43. The summed E-state index contributed by atoms with van der Waals surface area (Å²) in [5, 5.41) is 19.6. The molecule has 0 aliphatic rings. The van der Waals surface area contributed by atoms with Crippen molar-refractivity contribution in [2.24, 2.45) is 0 Å². The van der Waals surface area contributed by atoms with Crippen LogP contribution in [0.15, 0.2) is 16.6 Å². The molecule has 74 valence electrons. The van der Waals surface area contributed by atoms with E-state index in [0.29, 0.717) is 0 Å². The van der Waals surface area contributed by atoms with Gasteiger partial charge in [0.2, 0.25) is 0 Å². The van der Waals surface area contributed by atoms with E-state index >= 15 is 0 Å². The van der Waals surface area contributed by atoms with Gasteiger partial charge in [-0.1, -0.05) is 0 Å². The molecule has 1 aromatic rings. The van der Waals surface area contributed by atoms with Gasteiger partial charge < -0.3 is 5.11 Å². The fraction of sp³-hybridized carbons (Fsp3) is 0.125. The second kappa shape index (κ2) is 3.75. The summed E-state index contributed by atoms with van der Waals surface area (Å²) in [4.78, 5) is 20.9. The number of benzene rings is 1. The maximum Gasteiger partial charge on any atom is 0.287 e. The predicted molar refractivity (Wildman–Crippen MR) is 52.5 cm³/mol. The molecule has 6 heteroatoms. The van der Waals surface area contributed by atoms with E-state index in [1.54, 1.807) is 0 Å². The lowest BCUT2D eigenvalue weighted by Crippen LogP contribution is -1.98. The average Bonchev–Trinajstić information content (AvgIpc) is 2.07. The zero-order valence-corrected chi connectivity index (χ0v) is 8.74. The number of carbonyl (C=O) groups is 1. The highest BCUT2D eigenvalue weighted by Gasteiger charge is 2.19. The number of nitrogens with zero attached hydrogens (tertiary/aromatic N) is 1. The Morgan fingerprint density at radius 3 is 2.57 bits per heavy atom. The highest BCUT2D eigenvalue weighted by molar-refractivity contribution is 9.10. The van der Waals surface area contributed by atoms with Gasteiger partial charge in [-0.3, -0.25) is 14.9 Å². The summed E-state index contributed by atoms with van der Waals surface area (Å²) in [5.74, 6) is -0.652. The van der Waals surface area contributed by atoms with Gasteiger partial charge in [0.1, 0.15) is 10.2 Å². The molecule has 0 fully saturated rings. The monoisotopic (exact) mass is 259 g/mol. The second-order valence-electron chi connectivity index (χ2n) is 2.64. The molecule has 0 bridgehead atoms. The highest BCUT2D eigenvalue weighted by Crippen LogP contribution is 2.32. The number of nitro benzene ring substituents is 1. The van der Waals surface area contributed by atoms with Crippen LogP contribution in [-0.2, 0) is 0 Å². The average molecular weight is 260 g/mol. The van der Waals surface area contributed by atoms with Crippen molar-refractivity contribution >= 4 is 27.4 Å². The van der Waals surface area contributed by atoms with E-state index < -0.39 is 4.92 Å². The number of phenolic OH excluding ortho intramolecular Hbond substituents is 1. The van der Waals surface area contributed by atoms with Gasteiger partial charge in [0.15, 0.2) is 5.78 Å². The van der Waals surface area contributed by atoms with Crippen LogP contribution in [0.5, 0.6) is 5.75 Å². The minimum absolute atomic E-state index is 0.0906. The van der Waals surface area contributed by atoms with Gasteiger partial charge in [-0.15, -0.1) is 0 Å². The molecular formula is C8H6BrNO4. The van der Waals surface area contributed by atoms with Crippen LogP contribution in [-0.4, -0.2) is 15.8 Å². The fourth-order valence-electron chi connectivity index (χ4n) is 0.983. The van der Waals surface area contributed by atoms with Crippen molar-refractivity contribution in [2.45, 2.75) is 6.92 Å². The SMILES string of the molecule is CC(=O)c1cc(O)cc([N+](=O)[O-])c1Br. The Kier molecular flexibility index (Phi) is 2.85. The maximum atomic E-state index is 11.0. The maximum absolute atomic E-state index is 11.0. The number of nitro groups is 1. The standard InChI is InChI=1S/C8H6BrNO4/c1-4(11)6-2-5(12)3-7(8(6)9)10(13)14/h2-3,12H,1H3. The molecule has 1 aromatic carbocycles. The van der Waals surface area contributed by atoms with E-state index in [-0.39, 0.29) is 27.3 Å². The van der Waals surface area contributed by atoms with Crippen molar-refractivity contribution in [1.82, 2.24) is 0 Å². The lowest BCUT2D eigenvalue weighted by molar-refractivity contribution is -0.385. The van der Waals surface area contributed by atoms with Crippen LogP contribution in [0.25, 0.3) is 0 Å². The number of aromatic hydroxyl groups is 1. The molecule has 1 N–H and O–H groups in total. The molecule has 0 heterocycles. The number of halogens is 1. The third-order valence-corrected chi connectivity index (χ3v) is 2.45. The van der Waals surface area contributed by atoms with Crippen molar-refractivity contribution in [2.75, 3.05) is 0 Å². The zero-order chi connectivity index (χ0) is 10.9. The first-order valence-electron chi connectivity index (χ1n) is 3.61. The number of hydrogen-bond acceptors (Lipinski definition) is 4. The fourth-order valence-corrected chi connectivity index (χ4v) is 1.64. The summed E-state index contributed by atoms with van der Waals surface area (Å²) < 4.78 is 0.0906. The summed E-state index contributed by atoms with van der Waals surface area (Å²) in [7, 11) is 0. The van der Waals surface area contributed by atoms with Gasteiger partial charge in [0.25, 0.3) is 5.69 Å². The molecule has 14 heavy (non-hydrogen) atoms. The van der Waals surface area contributed by atoms with Crippen LogP contribution < -0.4 is 0 Å². The summed E-state index contributed by atoms with van der Waals surface area (Å²) in [6, 6.07) is 2.16. The van der Waals surface area contributed by atoms with Gasteiger partial charge in [-0.05, 0) is 28.9 Å². The zero-order valence-electron chi connectivity index (χ0n) is 7.15. The van der Waals surface area contributed by atoms with Gasteiger partial charge in [0, 0.05) is 5.56 Å². The number of Topliss-reactive ketones (excluding diaryl/α,β-unsaturated/α-hetero) is 1. The first kappa shape index (κ1) is 10.6. The van der Waals surface area contributed by atoms with Crippen molar-refractivity contribution in [3.63, 3.8) is 0 Å². The van der Waals surface area contributed by atoms with Crippen LogP contribution in [0.3, 0.4) is 0 Å². The van der Waals surface area contributed by atoms with Gasteiger partial charge in [-0.2, -0.15) is 0 Å². The Bertz CT molecular complexity index is 381. The van der Waals surface area contributed by atoms with Crippen LogP contribution in [0.2, 0.25) is 0 Å². The molecule has 1 rings (SSSR count). The largest absolute Gasteiger partial charge is 0.508 e. The Morgan fingerprint density at radius 2 is 2.14 bits per heavy atom. The summed E-state index contributed by atoms with van der Waals surface area (Å²) in [6.45, 7) is 1.27. The van der Waals surface area contributed by atoms with Crippen molar-refractivity contribution < 1.29 is 14.8 Å². The lowest BCUT2D eigenvalue weighted by atomic mass is 10.1. The molecule has 0 saturated carbocycles. The molecule has 0 radical (unpaired) electrons.